The molecule has 0 amide bonds. The van der Waals surface area contributed by atoms with Gasteiger partial charge in [0.2, 0.25) is 0 Å². The Morgan fingerprint density at radius 3 is 2.47 bits per heavy atom. The number of nitriles is 2. The summed E-state index contributed by atoms with van der Waals surface area (Å²) in [4.78, 5) is 0. The van der Waals surface area contributed by atoms with Crippen LogP contribution in [-0.4, -0.2) is 52.0 Å². The van der Waals surface area contributed by atoms with Crippen molar-refractivity contribution < 1.29 is 20.1 Å². The Morgan fingerprint density at radius 2 is 2.00 bits per heavy atom. The number of hydrogen-bond acceptors (Lipinski definition) is 9. The zero-order chi connectivity index (χ0) is 14.2. The van der Waals surface area contributed by atoms with Crippen molar-refractivity contribution in [2.45, 2.75) is 30.1 Å². The van der Waals surface area contributed by atoms with Gasteiger partial charge in [-0.15, -0.1) is 5.11 Å². The summed E-state index contributed by atoms with van der Waals surface area (Å²) in [5.74, 6) is 0. The lowest BCUT2D eigenvalue weighted by Crippen LogP contribution is -2.54. The lowest BCUT2D eigenvalue weighted by atomic mass is 9.91. The molecule has 0 radical (unpaired) electrons. The lowest BCUT2D eigenvalue weighted by molar-refractivity contribution is -0.0419. The van der Waals surface area contributed by atoms with Gasteiger partial charge in [-0.2, -0.15) is 15.6 Å². The van der Waals surface area contributed by atoms with Gasteiger partial charge in [0.25, 0.3) is 0 Å². The number of aliphatic hydroxyl groups is 3. The maximum absolute atomic E-state index is 9.87. The molecule has 0 aliphatic carbocycles. The Bertz CT molecular complexity index is 533. The second kappa shape index (κ2) is 4.66. The average Bonchev–Trinajstić information content (AvgIpc) is 2.89. The predicted octanol–water partition coefficient (Wildman–Crippen LogP) is -2.11. The molecule has 5 N–H and O–H groups in total. The molecule has 0 aromatic heterocycles. The van der Waals surface area contributed by atoms with E-state index < -0.39 is 36.7 Å². The summed E-state index contributed by atoms with van der Waals surface area (Å²) in [5.41, 5.74) is 3.54. The van der Waals surface area contributed by atoms with Crippen molar-refractivity contribution in [3.05, 3.63) is 11.3 Å². The van der Waals surface area contributed by atoms with E-state index in [-0.39, 0.29) is 11.3 Å². The molecule has 100 valence electrons. The first kappa shape index (κ1) is 13.5. The summed E-state index contributed by atoms with van der Waals surface area (Å²) in [5, 5.41) is 53.4. The monoisotopic (exact) mass is 265 g/mol. The van der Waals surface area contributed by atoms with Gasteiger partial charge in [-0.25, -0.2) is 0 Å². The van der Waals surface area contributed by atoms with E-state index in [1.165, 1.54) is 0 Å². The van der Waals surface area contributed by atoms with Gasteiger partial charge in [-0.3, -0.25) is 5.73 Å². The fourth-order valence-electron chi connectivity index (χ4n) is 2.11. The zero-order valence-electron chi connectivity index (χ0n) is 9.63. The molecule has 1 fully saturated rings. The van der Waals surface area contributed by atoms with Crippen LogP contribution in [0.4, 0.5) is 0 Å². The van der Waals surface area contributed by atoms with Gasteiger partial charge < -0.3 is 20.1 Å². The van der Waals surface area contributed by atoms with Crippen LogP contribution in [0.15, 0.2) is 21.5 Å². The van der Waals surface area contributed by atoms with E-state index in [1.54, 1.807) is 12.1 Å². The van der Waals surface area contributed by atoms with Crippen LogP contribution in [0, 0.1) is 22.7 Å². The molecule has 2 aliphatic heterocycles. The molecule has 0 saturated carbocycles. The number of nitrogens with two attached hydrogens (primary N) is 1. The highest BCUT2D eigenvalue weighted by molar-refractivity contribution is 5.47. The topological polar surface area (TPSA) is 168 Å². The second-order valence-electron chi connectivity index (χ2n) is 4.23. The largest absolute Gasteiger partial charge is 0.394 e. The summed E-state index contributed by atoms with van der Waals surface area (Å²) < 4.78 is 5.22. The predicted molar refractivity (Wildman–Crippen MR) is 57.8 cm³/mol. The molecule has 1 saturated heterocycles. The molecule has 9 heteroatoms. The van der Waals surface area contributed by atoms with Crippen molar-refractivity contribution in [1.29, 1.82) is 10.5 Å². The van der Waals surface area contributed by atoms with Gasteiger partial charge in [0.15, 0.2) is 11.4 Å². The van der Waals surface area contributed by atoms with Crippen molar-refractivity contribution in [3.8, 4) is 12.1 Å². The fourth-order valence-corrected chi connectivity index (χ4v) is 2.11. The Morgan fingerprint density at radius 1 is 1.32 bits per heavy atom. The van der Waals surface area contributed by atoms with E-state index in [0.29, 0.717) is 0 Å². The third-order valence-corrected chi connectivity index (χ3v) is 3.15. The van der Waals surface area contributed by atoms with Crippen LogP contribution >= 0.6 is 0 Å². The lowest BCUT2D eigenvalue weighted by Gasteiger charge is -2.28. The van der Waals surface area contributed by atoms with Crippen LogP contribution in [0.5, 0.6) is 0 Å². The first-order chi connectivity index (χ1) is 8.99. The van der Waals surface area contributed by atoms with Gasteiger partial charge in [-0.1, -0.05) is 0 Å². The molecule has 0 spiro atoms. The van der Waals surface area contributed by atoms with E-state index in [0.717, 1.165) is 0 Å². The quantitative estimate of drug-likeness (QED) is 0.442. The minimum atomic E-state index is -1.84. The Kier molecular flexibility index (Phi) is 3.32. The Hall–Kier alpha value is -1.88. The standard InChI is InChI=1S/C10H11N5O4/c11-1-4-5(2-12)14-15-10(4,13)9-8(18)7(17)6(3-16)19-9/h6-9,16-18H,3,13H2/t6-,7-,8-,9-,10-/m0/s1. The van der Waals surface area contributed by atoms with Crippen LogP contribution in [0.3, 0.4) is 0 Å². The van der Waals surface area contributed by atoms with Crippen molar-refractivity contribution in [1.82, 2.24) is 0 Å². The smallest absolute Gasteiger partial charge is 0.197 e. The first-order valence-electron chi connectivity index (χ1n) is 5.38. The zero-order valence-corrected chi connectivity index (χ0v) is 9.63. The van der Waals surface area contributed by atoms with Crippen molar-refractivity contribution in [3.63, 3.8) is 0 Å². The van der Waals surface area contributed by atoms with Gasteiger partial charge in [0.1, 0.15) is 42.1 Å². The number of allylic oxidation sites excluding steroid dienone is 1. The average molecular weight is 265 g/mol. The molecule has 19 heavy (non-hydrogen) atoms. The van der Waals surface area contributed by atoms with Gasteiger partial charge in [-0.05, 0) is 0 Å². The van der Waals surface area contributed by atoms with E-state index in [1.807, 2.05) is 0 Å². The van der Waals surface area contributed by atoms with E-state index in [4.69, 9.17) is 26.1 Å². The SMILES string of the molecule is N#CC1=C(C#N)[C@@](N)([C@H]2O[C@@H](CO)[C@H](O)[C@@H]2O)N=N1. The van der Waals surface area contributed by atoms with Crippen LogP contribution in [-0.2, 0) is 4.74 Å². The van der Waals surface area contributed by atoms with E-state index in [9.17, 15) is 10.2 Å². The Labute approximate surface area is 107 Å². The van der Waals surface area contributed by atoms with Crippen LogP contribution in [0.25, 0.3) is 0 Å². The molecule has 2 rings (SSSR count). The first-order valence-corrected chi connectivity index (χ1v) is 5.38. The number of hydrogen-bond donors (Lipinski definition) is 4. The summed E-state index contributed by atoms with van der Waals surface area (Å²) in [6.07, 6.45) is -5.13. The number of aliphatic hydroxyl groups excluding tert-OH is 3. The minimum absolute atomic E-state index is 0.246. The van der Waals surface area contributed by atoms with Crippen molar-refractivity contribution in [2.75, 3.05) is 6.61 Å². The highest BCUT2D eigenvalue weighted by atomic mass is 16.6. The molecule has 5 atom stereocenters. The maximum atomic E-state index is 9.87. The van der Waals surface area contributed by atoms with E-state index >= 15 is 0 Å². The summed E-state index contributed by atoms with van der Waals surface area (Å²) >= 11 is 0. The number of rotatable bonds is 2. The number of azo groups is 1. The van der Waals surface area contributed by atoms with Gasteiger partial charge >= 0.3 is 0 Å². The summed E-state index contributed by atoms with van der Waals surface area (Å²) in [6, 6.07) is 3.37. The van der Waals surface area contributed by atoms with Gasteiger partial charge in [0, 0.05) is 0 Å². The molecule has 0 aromatic rings. The summed E-state index contributed by atoms with van der Waals surface area (Å²) in [7, 11) is 0. The molecule has 0 aromatic carbocycles. The molecular formula is C10H11N5O4. The fraction of sp³-hybridized carbons (Fsp3) is 0.600. The summed E-state index contributed by atoms with van der Waals surface area (Å²) in [6.45, 7) is -0.529. The highest BCUT2D eigenvalue weighted by Gasteiger charge is 2.56. The van der Waals surface area contributed by atoms with Crippen LogP contribution in [0.2, 0.25) is 0 Å². The molecule has 2 heterocycles. The molecule has 9 nitrogen and oxygen atoms in total. The molecule has 0 bridgehead atoms. The van der Waals surface area contributed by atoms with E-state index in [2.05, 4.69) is 10.2 Å². The van der Waals surface area contributed by atoms with Crippen molar-refractivity contribution >= 4 is 0 Å². The third kappa shape index (κ3) is 1.81. The van der Waals surface area contributed by atoms with Crippen LogP contribution in [0.1, 0.15) is 0 Å². The van der Waals surface area contributed by atoms with Crippen molar-refractivity contribution in [2.24, 2.45) is 16.0 Å². The van der Waals surface area contributed by atoms with Crippen LogP contribution < -0.4 is 5.73 Å². The van der Waals surface area contributed by atoms with Gasteiger partial charge in [0.05, 0.1) is 6.61 Å². The third-order valence-electron chi connectivity index (χ3n) is 3.15. The second-order valence-corrected chi connectivity index (χ2v) is 4.23. The maximum Gasteiger partial charge on any atom is 0.197 e. The molecule has 2 aliphatic rings. The highest BCUT2D eigenvalue weighted by Crippen LogP contribution is 2.37. The molecular weight excluding hydrogens is 254 g/mol. The minimum Gasteiger partial charge on any atom is -0.394 e. The molecule has 0 unspecified atom stereocenters. The Balaban J connectivity index is 2.39. The normalized spacial score (nSPS) is 41.4. The number of ether oxygens (including phenoxy) is 1. The number of nitrogens with zero attached hydrogens (tertiary/aromatic N) is 4.